The number of methoxy groups -OCH3 is 1. The van der Waals surface area contributed by atoms with Crippen LogP contribution < -0.4 is 10.6 Å². The minimum Gasteiger partial charge on any atom is -0.380 e. The van der Waals surface area contributed by atoms with Crippen molar-refractivity contribution < 1.29 is 4.74 Å². The van der Waals surface area contributed by atoms with E-state index in [4.69, 9.17) is 16.3 Å². The summed E-state index contributed by atoms with van der Waals surface area (Å²) in [6.07, 6.45) is 0. The number of nitrogens with one attached hydrogen (secondary N) is 2. The van der Waals surface area contributed by atoms with Gasteiger partial charge in [0.25, 0.3) is 0 Å². The Morgan fingerprint density at radius 2 is 1.78 bits per heavy atom. The largest absolute Gasteiger partial charge is 0.380 e. The first-order valence-corrected chi connectivity index (χ1v) is 7.85. The zero-order chi connectivity index (χ0) is 16.5. The molecule has 0 fully saturated rings. The van der Waals surface area contributed by atoms with Crippen molar-refractivity contribution in [1.82, 2.24) is 10.6 Å². The molecular formula is C18H22ClN3O. The van der Waals surface area contributed by atoms with Gasteiger partial charge in [-0.15, -0.1) is 0 Å². The predicted molar refractivity (Wildman–Crippen MR) is 95.6 cm³/mol. The molecular weight excluding hydrogens is 310 g/mol. The molecule has 0 aliphatic heterocycles. The number of rotatable bonds is 6. The average molecular weight is 332 g/mol. The van der Waals surface area contributed by atoms with Crippen LogP contribution in [0.2, 0.25) is 5.02 Å². The molecule has 0 aliphatic carbocycles. The second kappa shape index (κ2) is 9.18. The van der Waals surface area contributed by atoms with Gasteiger partial charge in [-0.1, -0.05) is 48.0 Å². The first-order chi connectivity index (χ1) is 11.2. The van der Waals surface area contributed by atoms with Gasteiger partial charge >= 0.3 is 0 Å². The van der Waals surface area contributed by atoms with Gasteiger partial charge in [0.05, 0.1) is 6.61 Å². The van der Waals surface area contributed by atoms with Crippen molar-refractivity contribution in [3.63, 3.8) is 0 Å². The van der Waals surface area contributed by atoms with Crippen LogP contribution in [0, 0.1) is 0 Å². The summed E-state index contributed by atoms with van der Waals surface area (Å²) in [5, 5.41) is 7.34. The molecule has 0 radical (unpaired) electrons. The monoisotopic (exact) mass is 331 g/mol. The maximum atomic E-state index is 6.00. The van der Waals surface area contributed by atoms with E-state index in [9.17, 15) is 0 Å². The maximum Gasteiger partial charge on any atom is 0.191 e. The van der Waals surface area contributed by atoms with E-state index in [0.29, 0.717) is 19.7 Å². The summed E-state index contributed by atoms with van der Waals surface area (Å²) in [5.41, 5.74) is 3.48. The minimum absolute atomic E-state index is 0.604. The molecule has 5 heteroatoms. The maximum absolute atomic E-state index is 6.00. The predicted octanol–water partition coefficient (Wildman–Crippen LogP) is 3.35. The molecule has 0 aromatic heterocycles. The summed E-state index contributed by atoms with van der Waals surface area (Å²) < 4.78 is 5.23. The number of benzene rings is 2. The Morgan fingerprint density at radius 1 is 1.04 bits per heavy atom. The highest BCUT2D eigenvalue weighted by Crippen LogP contribution is 2.11. The molecule has 0 saturated carbocycles. The zero-order valence-electron chi connectivity index (χ0n) is 13.5. The van der Waals surface area contributed by atoms with Crippen LogP contribution in [0.25, 0.3) is 0 Å². The Kier molecular flexibility index (Phi) is 6.91. The fraction of sp³-hybridized carbons (Fsp3) is 0.278. The summed E-state index contributed by atoms with van der Waals surface area (Å²) in [5.74, 6) is 0.747. The number of halogens is 1. The average Bonchev–Trinajstić information content (AvgIpc) is 2.57. The third-order valence-corrected chi connectivity index (χ3v) is 3.67. The minimum atomic E-state index is 0.604. The smallest absolute Gasteiger partial charge is 0.191 e. The summed E-state index contributed by atoms with van der Waals surface area (Å²) in [7, 11) is 3.46. The van der Waals surface area contributed by atoms with E-state index in [1.54, 1.807) is 14.2 Å². The van der Waals surface area contributed by atoms with Crippen LogP contribution in [0.3, 0.4) is 0 Å². The van der Waals surface area contributed by atoms with Crippen LogP contribution >= 0.6 is 11.6 Å². The summed E-state index contributed by atoms with van der Waals surface area (Å²) in [6.45, 7) is 1.96. The van der Waals surface area contributed by atoms with Crippen molar-refractivity contribution in [3.05, 3.63) is 70.2 Å². The van der Waals surface area contributed by atoms with Crippen LogP contribution in [0.5, 0.6) is 0 Å². The molecule has 2 rings (SSSR count). The molecule has 0 aliphatic rings. The highest BCUT2D eigenvalue weighted by Gasteiger charge is 2.03. The van der Waals surface area contributed by atoms with Crippen molar-refractivity contribution in [2.75, 3.05) is 14.2 Å². The van der Waals surface area contributed by atoms with E-state index in [2.05, 4.69) is 27.8 Å². The van der Waals surface area contributed by atoms with E-state index >= 15 is 0 Å². The molecule has 0 bridgehead atoms. The summed E-state index contributed by atoms with van der Waals surface area (Å²) in [4.78, 5) is 4.25. The first-order valence-electron chi connectivity index (χ1n) is 7.47. The highest BCUT2D eigenvalue weighted by molar-refractivity contribution is 6.30. The highest BCUT2D eigenvalue weighted by atomic mass is 35.5. The first kappa shape index (κ1) is 17.3. The molecule has 2 aromatic carbocycles. The lowest BCUT2D eigenvalue weighted by Crippen LogP contribution is -2.36. The Bertz CT molecular complexity index is 658. The summed E-state index contributed by atoms with van der Waals surface area (Å²) in [6, 6.07) is 16.0. The van der Waals surface area contributed by atoms with Gasteiger partial charge in [-0.05, 0) is 28.8 Å². The fourth-order valence-corrected chi connectivity index (χ4v) is 2.47. The Morgan fingerprint density at radius 3 is 2.48 bits per heavy atom. The molecule has 0 atom stereocenters. The van der Waals surface area contributed by atoms with E-state index < -0.39 is 0 Å². The van der Waals surface area contributed by atoms with E-state index in [1.165, 1.54) is 11.1 Å². The van der Waals surface area contributed by atoms with E-state index in [-0.39, 0.29) is 0 Å². The van der Waals surface area contributed by atoms with E-state index in [1.807, 2.05) is 36.4 Å². The van der Waals surface area contributed by atoms with Gasteiger partial charge in [-0.2, -0.15) is 0 Å². The van der Waals surface area contributed by atoms with Crippen LogP contribution in [0.4, 0.5) is 0 Å². The molecule has 0 spiro atoms. The van der Waals surface area contributed by atoms with Gasteiger partial charge in [0.1, 0.15) is 0 Å². The molecule has 0 amide bonds. The van der Waals surface area contributed by atoms with Gasteiger partial charge in [0.15, 0.2) is 5.96 Å². The van der Waals surface area contributed by atoms with Crippen molar-refractivity contribution in [2.24, 2.45) is 4.99 Å². The number of ether oxygens (including phenoxy) is 1. The standard InChI is InChI=1S/C18H22ClN3O/c1-20-18(21-11-14-6-5-9-17(19)10-14)22-12-15-7-3-4-8-16(15)13-23-2/h3-10H,11-13H2,1-2H3,(H2,20,21,22). The third-order valence-electron chi connectivity index (χ3n) is 3.44. The molecule has 4 nitrogen and oxygen atoms in total. The fourth-order valence-electron chi connectivity index (χ4n) is 2.26. The molecule has 2 aromatic rings. The Hall–Kier alpha value is -2.04. The van der Waals surface area contributed by atoms with E-state index in [0.717, 1.165) is 16.5 Å². The topological polar surface area (TPSA) is 45.7 Å². The van der Waals surface area contributed by atoms with Crippen molar-refractivity contribution in [1.29, 1.82) is 0 Å². The molecule has 0 unspecified atom stereocenters. The number of hydrogen-bond acceptors (Lipinski definition) is 2. The summed E-state index contributed by atoms with van der Waals surface area (Å²) >= 11 is 6.00. The Balaban J connectivity index is 1.90. The molecule has 0 saturated heterocycles. The second-order valence-corrected chi connectivity index (χ2v) is 5.55. The molecule has 2 N–H and O–H groups in total. The number of aliphatic imine (C=N–C) groups is 1. The number of hydrogen-bond donors (Lipinski definition) is 2. The molecule has 23 heavy (non-hydrogen) atoms. The van der Waals surface area contributed by atoms with Crippen molar-refractivity contribution in [3.8, 4) is 0 Å². The lowest BCUT2D eigenvalue weighted by Gasteiger charge is -2.14. The lowest BCUT2D eigenvalue weighted by molar-refractivity contribution is 0.184. The van der Waals surface area contributed by atoms with Crippen LogP contribution in [-0.2, 0) is 24.4 Å². The van der Waals surface area contributed by atoms with Gasteiger partial charge in [-0.3, -0.25) is 4.99 Å². The van der Waals surface area contributed by atoms with Gasteiger partial charge in [0.2, 0.25) is 0 Å². The van der Waals surface area contributed by atoms with Crippen LogP contribution in [-0.4, -0.2) is 20.1 Å². The molecule has 122 valence electrons. The normalized spacial score (nSPS) is 11.3. The van der Waals surface area contributed by atoms with Crippen LogP contribution in [0.1, 0.15) is 16.7 Å². The molecule has 0 heterocycles. The number of guanidine groups is 1. The number of nitrogens with zero attached hydrogens (tertiary/aromatic N) is 1. The second-order valence-electron chi connectivity index (χ2n) is 5.11. The third kappa shape index (κ3) is 5.58. The van der Waals surface area contributed by atoms with Gasteiger partial charge in [0, 0.05) is 32.3 Å². The SMILES string of the molecule is CN=C(NCc1cccc(Cl)c1)NCc1ccccc1COC. The van der Waals surface area contributed by atoms with Crippen LogP contribution in [0.15, 0.2) is 53.5 Å². The van der Waals surface area contributed by atoms with Crippen molar-refractivity contribution >= 4 is 17.6 Å². The van der Waals surface area contributed by atoms with Crippen molar-refractivity contribution in [2.45, 2.75) is 19.7 Å². The van der Waals surface area contributed by atoms with Gasteiger partial charge < -0.3 is 15.4 Å². The zero-order valence-corrected chi connectivity index (χ0v) is 14.2. The van der Waals surface area contributed by atoms with Gasteiger partial charge in [-0.25, -0.2) is 0 Å². The Labute approximate surface area is 142 Å². The quantitative estimate of drug-likeness (QED) is 0.630. The lowest BCUT2D eigenvalue weighted by atomic mass is 10.1.